The molecule has 5 nitrogen and oxygen atoms in total. The van der Waals surface area contributed by atoms with E-state index in [0.29, 0.717) is 17.3 Å². The predicted molar refractivity (Wildman–Crippen MR) is 83.0 cm³/mol. The third-order valence-electron chi connectivity index (χ3n) is 3.11. The Morgan fingerprint density at radius 2 is 1.87 bits per heavy atom. The molecule has 0 bridgehead atoms. The van der Waals surface area contributed by atoms with Crippen molar-refractivity contribution < 1.29 is 18.4 Å². The molecule has 0 saturated carbocycles. The normalized spacial score (nSPS) is 11.6. The van der Waals surface area contributed by atoms with E-state index in [0.717, 1.165) is 12.1 Å². The second-order valence-electron chi connectivity index (χ2n) is 4.92. The zero-order valence-electron chi connectivity index (χ0n) is 12.3. The molecular formula is C16H15F2N3O2. The molecule has 2 amide bonds. The average molecular weight is 319 g/mol. The van der Waals surface area contributed by atoms with Gasteiger partial charge in [-0.25, -0.2) is 8.78 Å². The summed E-state index contributed by atoms with van der Waals surface area (Å²) in [5.41, 5.74) is 5.89. The minimum Gasteiger partial charge on any atom is -0.374 e. The molecule has 2 rings (SSSR count). The molecule has 1 atom stereocenters. The minimum atomic E-state index is -0.860. The second kappa shape index (κ2) is 6.87. The number of halogens is 2. The van der Waals surface area contributed by atoms with Gasteiger partial charge in [0, 0.05) is 17.3 Å². The molecule has 0 radical (unpaired) electrons. The van der Waals surface area contributed by atoms with Gasteiger partial charge in [0.2, 0.25) is 11.8 Å². The van der Waals surface area contributed by atoms with Crippen molar-refractivity contribution in [3.8, 4) is 0 Å². The minimum absolute atomic E-state index is 0.115. The summed E-state index contributed by atoms with van der Waals surface area (Å²) in [6, 6.07) is 8.49. The van der Waals surface area contributed by atoms with Gasteiger partial charge in [0.25, 0.3) is 0 Å². The molecule has 120 valence electrons. The Labute approximate surface area is 131 Å². The Balaban J connectivity index is 2.05. The molecule has 0 aliphatic carbocycles. The Kier molecular flexibility index (Phi) is 4.90. The number of nitrogens with two attached hydrogens (primary N) is 1. The highest BCUT2D eigenvalue weighted by molar-refractivity contribution is 5.97. The largest absolute Gasteiger partial charge is 0.374 e. The quantitative estimate of drug-likeness (QED) is 0.791. The number of amides is 2. The molecule has 2 aromatic carbocycles. The van der Waals surface area contributed by atoms with Crippen molar-refractivity contribution in [3.63, 3.8) is 0 Å². The number of anilines is 2. The van der Waals surface area contributed by atoms with Crippen molar-refractivity contribution in [2.45, 2.75) is 13.0 Å². The number of primary amides is 1. The predicted octanol–water partition coefficient (Wildman–Crippen LogP) is 2.50. The number of rotatable bonds is 5. The topological polar surface area (TPSA) is 84.2 Å². The lowest BCUT2D eigenvalue weighted by molar-refractivity contribution is -0.116. The van der Waals surface area contributed by atoms with Crippen LogP contribution in [-0.4, -0.2) is 17.9 Å². The van der Waals surface area contributed by atoms with E-state index in [1.807, 2.05) is 0 Å². The fourth-order valence-corrected chi connectivity index (χ4v) is 1.91. The Morgan fingerprint density at radius 3 is 2.52 bits per heavy atom. The first-order valence-electron chi connectivity index (χ1n) is 6.79. The van der Waals surface area contributed by atoms with E-state index < -0.39 is 29.5 Å². The molecule has 0 aliphatic heterocycles. The van der Waals surface area contributed by atoms with Gasteiger partial charge in [-0.05, 0) is 37.3 Å². The summed E-state index contributed by atoms with van der Waals surface area (Å²) in [7, 11) is 0. The number of nitrogens with one attached hydrogen (secondary N) is 2. The number of hydrogen-bond acceptors (Lipinski definition) is 3. The summed E-state index contributed by atoms with van der Waals surface area (Å²) in [5, 5.41) is 5.23. The van der Waals surface area contributed by atoms with Crippen molar-refractivity contribution in [1.29, 1.82) is 0 Å². The van der Waals surface area contributed by atoms with Crippen LogP contribution in [0.3, 0.4) is 0 Å². The summed E-state index contributed by atoms with van der Waals surface area (Å²) in [4.78, 5) is 23.2. The van der Waals surface area contributed by atoms with Crippen molar-refractivity contribution >= 4 is 23.2 Å². The molecule has 0 heterocycles. The monoisotopic (exact) mass is 319 g/mol. The summed E-state index contributed by atoms with van der Waals surface area (Å²) < 4.78 is 26.3. The Hall–Kier alpha value is -2.96. The maximum atomic E-state index is 13.5. The fraction of sp³-hybridized carbons (Fsp3) is 0.125. The van der Waals surface area contributed by atoms with Crippen LogP contribution in [0.5, 0.6) is 0 Å². The maximum Gasteiger partial charge on any atom is 0.248 e. The van der Waals surface area contributed by atoms with Gasteiger partial charge in [0.15, 0.2) is 0 Å². The lowest BCUT2D eigenvalue weighted by atomic mass is 10.1. The van der Waals surface area contributed by atoms with Crippen molar-refractivity contribution in [2.24, 2.45) is 5.73 Å². The third kappa shape index (κ3) is 4.26. The summed E-state index contributed by atoms with van der Waals surface area (Å²) >= 11 is 0. The van der Waals surface area contributed by atoms with E-state index in [1.54, 1.807) is 25.1 Å². The molecular weight excluding hydrogens is 304 g/mol. The number of carbonyl (C=O) groups is 2. The first-order chi connectivity index (χ1) is 10.9. The highest BCUT2D eigenvalue weighted by Gasteiger charge is 2.15. The molecule has 0 fully saturated rings. The van der Waals surface area contributed by atoms with Crippen LogP contribution in [0.15, 0.2) is 42.5 Å². The highest BCUT2D eigenvalue weighted by Crippen LogP contribution is 2.16. The molecule has 0 aliphatic rings. The van der Waals surface area contributed by atoms with Crippen molar-refractivity contribution in [1.82, 2.24) is 0 Å². The van der Waals surface area contributed by atoms with Crippen LogP contribution in [0.2, 0.25) is 0 Å². The SMILES string of the molecule is CC(Nc1cccc(C(N)=O)c1)C(=O)Nc1ccc(F)cc1F. The van der Waals surface area contributed by atoms with E-state index in [-0.39, 0.29) is 5.69 Å². The van der Waals surface area contributed by atoms with Crippen LogP contribution in [0, 0.1) is 11.6 Å². The maximum absolute atomic E-state index is 13.5. The van der Waals surface area contributed by atoms with Gasteiger partial charge in [0.05, 0.1) is 5.69 Å². The van der Waals surface area contributed by atoms with Gasteiger partial charge in [-0.15, -0.1) is 0 Å². The molecule has 0 spiro atoms. The van der Waals surface area contributed by atoms with Crippen LogP contribution >= 0.6 is 0 Å². The lowest BCUT2D eigenvalue weighted by Gasteiger charge is -2.16. The molecule has 7 heteroatoms. The van der Waals surface area contributed by atoms with Crippen LogP contribution < -0.4 is 16.4 Å². The number of hydrogen-bond donors (Lipinski definition) is 3. The van der Waals surface area contributed by atoms with E-state index >= 15 is 0 Å². The van der Waals surface area contributed by atoms with E-state index in [2.05, 4.69) is 10.6 Å². The number of carbonyl (C=O) groups excluding carboxylic acids is 2. The van der Waals surface area contributed by atoms with Gasteiger partial charge in [-0.2, -0.15) is 0 Å². The molecule has 23 heavy (non-hydrogen) atoms. The first kappa shape index (κ1) is 16.4. The van der Waals surface area contributed by atoms with Crippen LogP contribution in [0.4, 0.5) is 20.2 Å². The van der Waals surface area contributed by atoms with E-state index in [9.17, 15) is 18.4 Å². The first-order valence-corrected chi connectivity index (χ1v) is 6.79. The zero-order valence-corrected chi connectivity index (χ0v) is 12.3. The zero-order chi connectivity index (χ0) is 17.0. The summed E-state index contributed by atoms with van der Waals surface area (Å²) in [6.07, 6.45) is 0. The average Bonchev–Trinajstić information content (AvgIpc) is 2.50. The van der Waals surface area contributed by atoms with E-state index in [4.69, 9.17) is 5.73 Å². The Morgan fingerprint density at radius 1 is 1.13 bits per heavy atom. The fourth-order valence-electron chi connectivity index (χ4n) is 1.91. The molecule has 4 N–H and O–H groups in total. The van der Waals surface area contributed by atoms with Gasteiger partial charge in [-0.3, -0.25) is 9.59 Å². The van der Waals surface area contributed by atoms with Gasteiger partial charge >= 0.3 is 0 Å². The molecule has 0 saturated heterocycles. The van der Waals surface area contributed by atoms with Crippen molar-refractivity contribution in [2.75, 3.05) is 10.6 Å². The van der Waals surface area contributed by atoms with Gasteiger partial charge in [-0.1, -0.05) is 6.07 Å². The van der Waals surface area contributed by atoms with E-state index in [1.165, 1.54) is 6.07 Å². The van der Waals surface area contributed by atoms with Crippen LogP contribution in [0.25, 0.3) is 0 Å². The molecule has 1 unspecified atom stereocenters. The van der Waals surface area contributed by atoms with Crippen LogP contribution in [-0.2, 0) is 4.79 Å². The van der Waals surface area contributed by atoms with Gasteiger partial charge in [0.1, 0.15) is 17.7 Å². The van der Waals surface area contributed by atoms with Crippen LogP contribution in [0.1, 0.15) is 17.3 Å². The smallest absolute Gasteiger partial charge is 0.248 e. The van der Waals surface area contributed by atoms with Gasteiger partial charge < -0.3 is 16.4 Å². The highest BCUT2D eigenvalue weighted by atomic mass is 19.1. The van der Waals surface area contributed by atoms with Crippen molar-refractivity contribution in [3.05, 3.63) is 59.7 Å². The summed E-state index contributed by atoms with van der Waals surface area (Å²) in [5.74, 6) is -2.68. The number of benzene rings is 2. The Bertz CT molecular complexity index is 750. The summed E-state index contributed by atoms with van der Waals surface area (Å²) in [6.45, 7) is 1.56. The third-order valence-corrected chi connectivity index (χ3v) is 3.11. The lowest BCUT2D eigenvalue weighted by Crippen LogP contribution is -2.32. The standard InChI is InChI=1S/C16H15F2N3O2/c1-9(20-12-4-2-3-10(7-12)15(19)22)16(23)21-14-6-5-11(17)8-13(14)18/h2-9,20H,1H3,(H2,19,22)(H,21,23). The molecule has 2 aromatic rings. The second-order valence-corrected chi connectivity index (χ2v) is 4.92. The molecule has 0 aromatic heterocycles.